The predicted octanol–water partition coefficient (Wildman–Crippen LogP) is 5.03. The minimum atomic E-state index is -0.372. The van der Waals surface area contributed by atoms with Crippen molar-refractivity contribution in [2.45, 2.75) is 12.5 Å². The van der Waals surface area contributed by atoms with Crippen LogP contribution in [0.15, 0.2) is 36.4 Å². The number of hydrogen-bond donors (Lipinski definition) is 1. The molecule has 0 amide bonds. The summed E-state index contributed by atoms with van der Waals surface area (Å²) in [6, 6.07) is 9.02. The van der Waals surface area contributed by atoms with Crippen molar-refractivity contribution in [3.05, 3.63) is 68.4 Å². The summed E-state index contributed by atoms with van der Waals surface area (Å²) >= 11 is 18.0. The van der Waals surface area contributed by atoms with Gasteiger partial charge in [-0.2, -0.15) is 0 Å². The van der Waals surface area contributed by atoms with E-state index in [0.717, 1.165) is 11.1 Å². The van der Waals surface area contributed by atoms with Crippen molar-refractivity contribution < 1.29 is 4.39 Å². The molecule has 0 bridgehead atoms. The van der Waals surface area contributed by atoms with E-state index < -0.39 is 0 Å². The molecule has 2 rings (SSSR count). The van der Waals surface area contributed by atoms with Gasteiger partial charge >= 0.3 is 0 Å². The number of rotatable bonds is 3. The molecule has 1 nitrogen and oxygen atoms in total. The fourth-order valence-electron chi connectivity index (χ4n) is 1.83. The van der Waals surface area contributed by atoms with Crippen LogP contribution in [0.1, 0.15) is 17.2 Å². The number of halogens is 4. The summed E-state index contributed by atoms with van der Waals surface area (Å²) in [7, 11) is 0. The molecule has 2 aromatic carbocycles. The van der Waals surface area contributed by atoms with Crippen molar-refractivity contribution in [3.63, 3.8) is 0 Å². The summed E-state index contributed by atoms with van der Waals surface area (Å²) in [6.07, 6.45) is 0.458. The third-order valence-electron chi connectivity index (χ3n) is 2.81. The Morgan fingerprint density at radius 1 is 1.00 bits per heavy atom. The highest BCUT2D eigenvalue weighted by Crippen LogP contribution is 2.29. The molecule has 100 valence electrons. The van der Waals surface area contributed by atoms with Gasteiger partial charge < -0.3 is 5.73 Å². The number of hydrogen-bond acceptors (Lipinski definition) is 1. The average Bonchev–Trinajstić information content (AvgIpc) is 2.35. The quantitative estimate of drug-likeness (QED) is 0.844. The maximum absolute atomic E-state index is 13.0. The van der Waals surface area contributed by atoms with Crippen LogP contribution in [0.2, 0.25) is 15.1 Å². The van der Waals surface area contributed by atoms with Crippen molar-refractivity contribution in [3.8, 4) is 0 Å². The summed E-state index contributed by atoms with van der Waals surface area (Å²) in [5, 5.41) is 1.48. The molecule has 2 N–H and O–H groups in total. The van der Waals surface area contributed by atoms with Crippen molar-refractivity contribution in [2.24, 2.45) is 5.73 Å². The van der Waals surface area contributed by atoms with E-state index >= 15 is 0 Å². The fourth-order valence-corrected chi connectivity index (χ4v) is 2.52. The van der Waals surface area contributed by atoms with Crippen LogP contribution in [0.5, 0.6) is 0 Å². The van der Waals surface area contributed by atoms with Gasteiger partial charge in [-0.3, -0.25) is 0 Å². The summed E-state index contributed by atoms with van der Waals surface area (Å²) in [5.74, 6) is -0.372. The minimum absolute atomic E-state index is 0.353. The second kappa shape index (κ2) is 6.10. The second-order valence-electron chi connectivity index (χ2n) is 4.21. The van der Waals surface area contributed by atoms with Gasteiger partial charge in [0, 0.05) is 21.1 Å². The Labute approximate surface area is 126 Å². The van der Waals surface area contributed by atoms with E-state index in [1.165, 1.54) is 12.1 Å². The summed E-state index contributed by atoms with van der Waals surface area (Å²) in [4.78, 5) is 0. The van der Waals surface area contributed by atoms with Gasteiger partial charge in [-0.1, -0.05) is 40.9 Å². The van der Waals surface area contributed by atoms with Crippen molar-refractivity contribution in [1.29, 1.82) is 0 Å². The highest BCUT2D eigenvalue weighted by Gasteiger charge is 2.13. The average molecular weight is 319 g/mol. The maximum Gasteiger partial charge on any atom is 0.124 e. The monoisotopic (exact) mass is 317 g/mol. The highest BCUT2D eigenvalue weighted by atomic mass is 35.5. The Balaban J connectivity index is 2.25. The summed E-state index contributed by atoms with van der Waals surface area (Å²) < 4.78 is 13.0. The Kier molecular flexibility index (Phi) is 4.69. The summed E-state index contributed by atoms with van der Waals surface area (Å²) in [6.45, 7) is 0. The molecular weight excluding hydrogens is 308 g/mol. The lowest BCUT2D eigenvalue weighted by molar-refractivity contribution is 0.625. The molecular formula is C14H11Cl3FN. The zero-order valence-electron chi connectivity index (χ0n) is 9.84. The SMILES string of the molecule is NC(Cc1ccc(F)cc1Cl)c1cc(Cl)ccc1Cl. The molecule has 1 unspecified atom stereocenters. The van der Waals surface area contributed by atoms with Crippen LogP contribution >= 0.6 is 34.8 Å². The van der Waals surface area contributed by atoms with Crippen molar-refractivity contribution >= 4 is 34.8 Å². The van der Waals surface area contributed by atoms with Gasteiger partial charge in [0.25, 0.3) is 0 Å². The largest absolute Gasteiger partial charge is 0.324 e. The molecule has 5 heteroatoms. The second-order valence-corrected chi connectivity index (χ2v) is 5.46. The van der Waals surface area contributed by atoms with Crippen LogP contribution in [0.4, 0.5) is 4.39 Å². The van der Waals surface area contributed by atoms with E-state index in [1.807, 2.05) is 0 Å². The molecule has 0 aliphatic heterocycles. The van der Waals surface area contributed by atoms with Crippen LogP contribution in [0, 0.1) is 5.82 Å². The molecule has 0 aliphatic rings. The zero-order chi connectivity index (χ0) is 14.0. The van der Waals surface area contributed by atoms with E-state index in [0.29, 0.717) is 21.5 Å². The topological polar surface area (TPSA) is 26.0 Å². The zero-order valence-corrected chi connectivity index (χ0v) is 12.1. The molecule has 0 saturated heterocycles. The summed E-state index contributed by atoms with van der Waals surface area (Å²) in [5.41, 5.74) is 7.62. The van der Waals surface area contributed by atoms with Gasteiger partial charge in [-0.05, 0) is 47.9 Å². The normalized spacial score (nSPS) is 12.5. The van der Waals surface area contributed by atoms with Crippen molar-refractivity contribution in [2.75, 3.05) is 0 Å². The lowest BCUT2D eigenvalue weighted by Crippen LogP contribution is -2.14. The first-order chi connectivity index (χ1) is 8.97. The third kappa shape index (κ3) is 3.61. The van der Waals surface area contributed by atoms with Crippen LogP contribution in [0.3, 0.4) is 0 Å². The van der Waals surface area contributed by atoms with Crippen LogP contribution in [-0.4, -0.2) is 0 Å². The third-order valence-corrected chi connectivity index (χ3v) is 3.74. The Bertz CT molecular complexity index is 601. The fraction of sp³-hybridized carbons (Fsp3) is 0.143. The molecule has 0 radical (unpaired) electrons. The minimum Gasteiger partial charge on any atom is -0.324 e. The first-order valence-electron chi connectivity index (χ1n) is 5.62. The highest BCUT2D eigenvalue weighted by molar-refractivity contribution is 6.33. The smallest absolute Gasteiger partial charge is 0.124 e. The van der Waals surface area contributed by atoms with Crippen LogP contribution in [0.25, 0.3) is 0 Å². The number of nitrogens with two attached hydrogens (primary N) is 1. The van der Waals surface area contributed by atoms with Crippen molar-refractivity contribution in [1.82, 2.24) is 0 Å². The molecule has 0 aliphatic carbocycles. The molecule has 0 aromatic heterocycles. The Hall–Kier alpha value is -0.800. The molecule has 19 heavy (non-hydrogen) atoms. The molecule has 0 spiro atoms. The van der Waals surface area contributed by atoms with Gasteiger partial charge in [0.05, 0.1) is 0 Å². The lowest BCUT2D eigenvalue weighted by Gasteiger charge is -2.15. The van der Waals surface area contributed by atoms with Gasteiger partial charge in [0.1, 0.15) is 5.82 Å². The number of benzene rings is 2. The van der Waals surface area contributed by atoms with Crippen LogP contribution < -0.4 is 5.73 Å². The van der Waals surface area contributed by atoms with E-state index in [9.17, 15) is 4.39 Å². The van der Waals surface area contributed by atoms with Gasteiger partial charge in [0.15, 0.2) is 0 Å². The molecule has 1 atom stereocenters. The molecule has 0 heterocycles. The first kappa shape index (κ1) is 14.6. The van der Waals surface area contributed by atoms with Gasteiger partial charge in [-0.15, -0.1) is 0 Å². The first-order valence-corrected chi connectivity index (χ1v) is 6.75. The van der Waals surface area contributed by atoms with E-state index in [2.05, 4.69) is 0 Å². The predicted molar refractivity (Wildman–Crippen MR) is 78.5 cm³/mol. The molecule has 0 saturated carbocycles. The van der Waals surface area contributed by atoms with Gasteiger partial charge in [0.2, 0.25) is 0 Å². The Morgan fingerprint density at radius 2 is 1.74 bits per heavy atom. The maximum atomic E-state index is 13.0. The Morgan fingerprint density at radius 3 is 2.42 bits per heavy atom. The standard InChI is InChI=1S/C14H11Cl3FN/c15-9-2-4-12(16)11(6-9)14(19)5-8-1-3-10(18)7-13(8)17/h1-4,6-7,14H,5,19H2. The molecule has 0 fully saturated rings. The van der Waals surface area contributed by atoms with E-state index in [4.69, 9.17) is 40.5 Å². The lowest BCUT2D eigenvalue weighted by atomic mass is 9.99. The van der Waals surface area contributed by atoms with E-state index in [-0.39, 0.29) is 11.9 Å². The van der Waals surface area contributed by atoms with Gasteiger partial charge in [-0.25, -0.2) is 4.39 Å². The van der Waals surface area contributed by atoms with E-state index in [1.54, 1.807) is 24.3 Å². The van der Waals surface area contributed by atoms with Crippen LogP contribution in [-0.2, 0) is 6.42 Å². The molecule has 2 aromatic rings.